The van der Waals surface area contributed by atoms with E-state index in [1.54, 1.807) is 12.1 Å². The second-order valence-corrected chi connectivity index (χ2v) is 5.91. The van der Waals surface area contributed by atoms with Gasteiger partial charge in [0.2, 0.25) is 0 Å². The molecular formula is C16H19NO3. The third-order valence-corrected chi connectivity index (χ3v) is 2.96. The molecule has 4 nitrogen and oxygen atoms in total. The number of carbonyl (C=O) groups excluding carboxylic acids is 1. The predicted octanol–water partition coefficient (Wildman–Crippen LogP) is 1.17. The molecule has 0 saturated heterocycles. The number of carboxylic acids is 1. The summed E-state index contributed by atoms with van der Waals surface area (Å²) in [5.41, 5.74) is 1.04. The van der Waals surface area contributed by atoms with E-state index in [2.05, 4.69) is 26.1 Å². The Morgan fingerprint density at radius 2 is 2.00 bits per heavy atom. The molecule has 0 saturated carbocycles. The molecule has 1 aromatic carbocycles. The van der Waals surface area contributed by atoms with E-state index in [4.69, 9.17) is 4.42 Å². The number of aromatic carboxylic acids is 1. The fraction of sp³-hybridized carbons (Fsp3) is 0.312. The molecular weight excluding hydrogens is 254 g/mol. The molecule has 1 heterocycles. The first kappa shape index (κ1) is 14.3. The number of furan rings is 1. The molecule has 0 aliphatic carbocycles. The second-order valence-electron chi connectivity index (χ2n) is 5.91. The lowest BCUT2D eigenvalue weighted by Crippen LogP contribution is -2.92. The van der Waals surface area contributed by atoms with E-state index in [0.717, 1.165) is 17.9 Å². The summed E-state index contributed by atoms with van der Waals surface area (Å²) in [6.45, 7) is 7.17. The largest absolute Gasteiger partial charge is 0.545 e. The van der Waals surface area contributed by atoms with Crippen LogP contribution in [0.15, 0.2) is 40.8 Å². The first-order chi connectivity index (χ1) is 9.35. The highest BCUT2D eigenvalue weighted by atomic mass is 16.4. The Morgan fingerprint density at radius 3 is 2.65 bits per heavy atom. The SMILES string of the molecule is CC(C)(C)[NH2+]Cc1ccc(-c2cccc(C(=O)[O-])c2)o1. The molecule has 0 aliphatic rings. The Kier molecular flexibility index (Phi) is 3.95. The molecule has 0 radical (unpaired) electrons. The Labute approximate surface area is 118 Å². The molecule has 4 heteroatoms. The van der Waals surface area contributed by atoms with Gasteiger partial charge in [0.15, 0.2) is 5.76 Å². The van der Waals surface area contributed by atoms with Gasteiger partial charge in [-0.3, -0.25) is 0 Å². The van der Waals surface area contributed by atoms with Crippen molar-refractivity contribution < 1.29 is 19.6 Å². The van der Waals surface area contributed by atoms with Gasteiger partial charge in [-0.1, -0.05) is 18.2 Å². The normalized spacial score (nSPS) is 11.6. The molecule has 2 N–H and O–H groups in total. The first-order valence-corrected chi connectivity index (χ1v) is 6.60. The molecule has 0 unspecified atom stereocenters. The minimum Gasteiger partial charge on any atom is -0.545 e. The lowest BCUT2D eigenvalue weighted by Gasteiger charge is -2.15. The Hall–Kier alpha value is -2.07. The van der Waals surface area contributed by atoms with Crippen LogP contribution in [0.3, 0.4) is 0 Å². The second kappa shape index (κ2) is 5.51. The van der Waals surface area contributed by atoms with Gasteiger partial charge in [-0.2, -0.15) is 0 Å². The zero-order valence-corrected chi connectivity index (χ0v) is 12.0. The van der Waals surface area contributed by atoms with Crippen LogP contribution >= 0.6 is 0 Å². The summed E-state index contributed by atoms with van der Waals surface area (Å²) in [6.07, 6.45) is 0. The summed E-state index contributed by atoms with van der Waals surface area (Å²) in [4.78, 5) is 10.9. The van der Waals surface area contributed by atoms with E-state index in [-0.39, 0.29) is 11.1 Å². The summed E-state index contributed by atoms with van der Waals surface area (Å²) >= 11 is 0. The standard InChI is InChI=1S/C16H19NO3/c1-16(2,3)17-10-13-7-8-14(20-13)11-5-4-6-12(9-11)15(18)19/h4-9,17H,10H2,1-3H3,(H,18,19). The van der Waals surface area contributed by atoms with E-state index in [1.165, 1.54) is 6.07 Å². The van der Waals surface area contributed by atoms with Crippen LogP contribution in [-0.2, 0) is 6.54 Å². The van der Waals surface area contributed by atoms with Crippen LogP contribution in [0.2, 0.25) is 0 Å². The highest BCUT2D eigenvalue weighted by Crippen LogP contribution is 2.22. The van der Waals surface area contributed by atoms with Crippen molar-refractivity contribution in [2.24, 2.45) is 0 Å². The van der Waals surface area contributed by atoms with E-state index >= 15 is 0 Å². The van der Waals surface area contributed by atoms with Crippen molar-refractivity contribution in [1.82, 2.24) is 0 Å². The Morgan fingerprint density at radius 1 is 1.25 bits per heavy atom. The van der Waals surface area contributed by atoms with Crippen molar-refractivity contribution in [3.8, 4) is 11.3 Å². The van der Waals surface area contributed by atoms with Crippen molar-refractivity contribution >= 4 is 5.97 Å². The van der Waals surface area contributed by atoms with Gasteiger partial charge in [0.05, 0.1) is 11.5 Å². The minimum absolute atomic E-state index is 0.141. The third kappa shape index (κ3) is 3.71. The van der Waals surface area contributed by atoms with Crippen molar-refractivity contribution in [3.63, 3.8) is 0 Å². The van der Waals surface area contributed by atoms with Gasteiger partial charge in [-0.05, 0) is 44.5 Å². The van der Waals surface area contributed by atoms with Crippen LogP contribution in [0.5, 0.6) is 0 Å². The zero-order chi connectivity index (χ0) is 14.8. The number of rotatable bonds is 4. The summed E-state index contributed by atoms with van der Waals surface area (Å²) < 4.78 is 5.76. The lowest BCUT2D eigenvalue weighted by molar-refractivity contribution is -0.732. The third-order valence-electron chi connectivity index (χ3n) is 2.96. The average Bonchev–Trinajstić information content (AvgIpc) is 2.84. The first-order valence-electron chi connectivity index (χ1n) is 6.60. The molecule has 20 heavy (non-hydrogen) atoms. The quantitative estimate of drug-likeness (QED) is 0.909. The summed E-state index contributed by atoms with van der Waals surface area (Å²) in [5, 5.41) is 13.0. The van der Waals surface area contributed by atoms with Crippen molar-refractivity contribution in [1.29, 1.82) is 0 Å². The van der Waals surface area contributed by atoms with Gasteiger partial charge >= 0.3 is 0 Å². The topological polar surface area (TPSA) is 69.9 Å². The molecule has 0 bridgehead atoms. The predicted molar refractivity (Wildman–Crippen MR) is 73.9 cm³/mol. The van der Waals surface area contributed by atoms with Crippen LogP contribution < -0.4 is 10.4 Å². The van der Waals surface area contributed by atoms with Gasteiger partial charge in [0.25, 0.3) is 0 Å². The van der Waals surface area contributed by atoms with Crippen LogP contribution in [-0.4, -0.2) is 11.5 Å². The molecule has 2 rings (SSSR count). The molecule has 1 aromatic heterocycles. The molecule has 0 aliphatic heterocycles. The molecule has 0 amide bonds. The fourth-order valence-electron chi connectivity index (χ4n) is 1.85. The van der Waals surface area contributed by atoms with Crippen LogP contribution in [0, 0.1) is 0 Å². The monoisotopic (exact) mass is 273 g/mol. The maximum absolute atomic E-state index is 10.9. The molecule has 0 atom stereocenters. The number of hydrogen-bond acceptors (Lipinski definition) is 3. The Bertz CT molecular complexity index is 608. The van der Waals surface area contributed by atoms with Gasteiger partial charge in [-0.15, -0.1) is 0 Å². The minimum atomic E-state index is -1.18. The fourth-order valence-corrected chi connectivity index (χ4v) is 1.85. The number of nitrogens with two attached hydrogens (primary N) is 1. The summed E-state index contributed by atoms with van der Waals surface area (Å²) in [7, 11) is 0. The van der Waals surface area contributed by atoms with Crippen LogP contribution in [0.25, 0.3) is 11.3 Å². The van der Waals surface area contributed by atoms with Gasteiger partial charge < -0.3 is 19.6 Å². The highest BCUT2D eigenvalue weighted by Gasteiger charge is 2.14. The molecule has 0 fully saturated rings. The molecule has 106 valence electrons. The number of hydrogen-bond donors (Lipinski definition) is 1. The average molecular weight is 273 g/mol. The molecule has 2 aromatic rings. The zero-order valence-electron chi connectivity index (χ0n) is 12.0. The number of quaternary nitrogens is 1. The Balaban J connectivity index is 2.16. The van der Waals surface area contributed by atoms with Crippen molar-refractivity contribution in [2.75, 3.05) is 0 Å². The number of carboxylic acid groups (broad SMARTS) is 1. The number of carbonyl (C=O) groups is 1. The smallest absolute Gasteiger partial charge is 0.158 e. The number of benzene rings is 1. The maximum Gasteiger partial charge on any atom is 0.158 e. The molecule has 0 spiro atoms. The maximum atomic E-state index is 10.9. The van der Waals surface area contributed by atoms with Crippen LogP contribution in [0.4, 0.5) is 0 Å². The summed E-state index contributed by atoms with van der Waals surface area (Å²) in [5.74, 6) is 0.360. The highest BCUT2D eigenvalue weighted by molar-refractivity contribution is 5.87. The van der Waals surface area contributed by atoms with E-state index in [0.29, 0.717) is 5.76 Å². The lowest BCUT2D eigenvalue weighted by atomic mass is 10.1. The van der Waals surface area contributed by atoms with E-state index in [1.807, 2.05) is 18.2 Å². The van der Waals surface area contributed by atoms with Crippen molar-refractivity contribution in [2.45, 2.75) is 32.9 Å². The van der Waals surface area contributed by atoms with Crippen LogP contribution in [0.1, 0.15) is 36.9 Å². The van der Waals surface area contributed by atoms with Gasteiger partial charge in [-0.25, -0.2) is 0 Å². The van der Waals surface area contributed by atoms with Crippen molar-refractivity contribution in [3.05, 3.63) is 47.7 Å². The van der Waals surface area contributed by atoms with Gasteiger partial charge in [0.1, 0.15) is 12.3 Å². The van der Waals surface area contributed by atoms with E-state index in [9.17, 15) is 9.90 Å². The van der Waals surface area contributed by atoms with E-state index < -0.39 is 5.97 Å². The van der Waals surface area contributed by atoms with Gasteiger partial charge in [0, 0.05) is 5.56 Å². The summed E-state index contributed by atoms with van der Waals surface area (Å²) in [6, 6.07) is 10.4.